The van der Waals surface area contributed by atoms with Gasteiger partial charge in [0.25, 0.3) is 0 Å². The fourth-order valence-corrected chi connectivity index (χ4v) is 3.08. The molecular formula is C20H30N4O6S2. The lowest BCUT2D eigenvalue weighted by molar-refractivity contribution is -0.141. The van der Waals surface area contributed by atoms with E-state index in [1.165, 1.54) is 12.1 Å². The predicted molar refractivity (Wildman–Crippen MR) is 126 cm³/mol. The van der Waals surface area contributed by atoms with Crippen LogP contribution in [0.25, 0.3) is 0 Å². The van der Waals surface area contributed by atoms with E-state index < -0.39 is 47.9 Å². The Morgan fingerprint density at radius 1 is 0.875 bits per heavy atom. The van der Waals surface area contributed by atoms with Crippen LogP contribution < -0.4 is 21.7 Å². The first-order chi connectivity index (χ1) is 15.0. The first kappa shape index (κ1) is 27.6. The lowest BCUT2D eigenvalue weighted by Crippen LogP contribution is -2.58. The number of benzene rings is 1. The molecule has 1 rings (SSSR count). The Hall–Kier alpha value is -2.44. The highest BCUT2D eigenvalue weighted by molar-refractivity contribution is 7.80. The molecule has 0 heterocycles. The SMILES string of the molecule is CC(C)C(N)C(=O)NC(Cc1ccc(O)cc1)C(=O)NC(CS)C(=O)NC(CS)C(=O)O. The number of hydrogen-bond acceptors (Lipinski definition) is 8. The second-order valence-corrected chi connectivity index (χ2v) is 8.26. The van der Waals surface area contributed by atoms with Gasteiger partial charge in [0.2, 0.25) is 17.7 Å². The van der Waals surface area contributed by atoms with Crippen molar-refractivity contribution in [2.45, 2.75) is 44.4 Å². The zero-order valence-electron chi connectivity index (χ0n) is 17.8. The molecule has 0 saturated carbocycles. The third-order valence-corrected chi connectivity index (χ3v) is 5.37. The monoisotopic (exact) mass is 486 g/mol. The van der Waals surface area contributed by atoms with Gasteiger partial charge in [-0.05, 0) is 23.6 Å². The fourth-order valence-electron chi connectivity index (χ4n) is 2.57. The second kappa shape index (κ2) is 13.2. The third-order valence-electron chi connectivity index (χ3n) is 4.64. The molecule has 4 unspecified atom stereocenters. The summed E-state index contributed by atoms with van der Waals surface area (Å²) in [5.41, 5.74) is 6.53. The van der Waals surface area contributed by atoms with Gasteiger partial charge in [-0.2, -0.15) is 25.3 Å². The molecule has 4 atom stereocenters. The molecule has 10 nitrogen and oxygen atoms in total. The van der Waals surface area contributed by atoms with Gasteiger partial charge in [0.05, 0.1) is 6.04 Å². The number of carbonyl (C=O) groups is 4. The number of carboxylic acids is 1. The highest BCUT2D eigenvalue weighted by atomic mass is 32.1. The number of carbonyl (C=O) groups excluding carboxylic acids is 3. The van der Waals surface area contributed by atoms with Gasteiger partial charge in [-0.1, -0.05) is 26.0 Å². The Bertz CT molecular complexity index is 806. The number of rotatable bonds is 12. The molecule has 0 aliphatic rings. The average Bonchev–Trinajstić information content (AvgIpc) is 2.75. The van der Waals surface area contributed by atoms with Crippen molar-refractivity contribution >= 4 is 48.9 Å². The van der Waals surface area contributed by atoms with Gasteiger partial charge in [-0.15, -0.1) is 0 Å². The van der Waals surface area contributed by atoms with Crippen LogP contribution in [-0.2, 0) is 25.6 Å². The first-order valence-electron chi connectivity index (χ1n) is 9.89. The average molecular weight is 487 g/mol. The molecule has 3 amide bonds. The maximum Gasteiger partial charge on any atom is 0.327 e. The Balaban J connectivity index is 3.00. The first-order valence-corrected chi connectivity index (χ1v) is 11.2. The molecule has 0 bridgehead atoms. The maximum atomic E-state index is 12.9. The van der Waals surface area contributed by atoms with E-state index in [1.807, 2.05) is 0 Å². The van der Waals surface area contributed by atoms with E-state index in [-0.39, 0.29) is 29.6 Å². The summed E-state index contributed by atoms with van der Waals surface area (Å²) in [5, 5.41) is 25.9. The Kier molecular flexibility index (Phi) is 11.4. The molecular weight excluding hydrogens is 456 g/mol. The largest absolute Gasteiger partial charge is 0.508 e. The maximum absolute atomic E-state index is 12.9. The van der Waals surface area contributed by atoms with E-state index in [4.69, 9.17) is 10.8 Å². The van der Waals surface area contributed by atoms with Crippen LogP contribution in [0, 0.1) is 5.92 Å². The number of carboxylic acid groups (broad SMARTS) is 1. The zero-order chi connectivity index (χ0) is 24.4. The Morgan fingerprint density at radius 3 is 1.81 bits per heavy atom. The van der Waals surface area contributed by atoms with Gasteiger partial charge in [0.1, 0.15) is 23.9 Å². The van der Waals surface area contributed by atoms with Crippen LogP contribution in [0.3, 0.4) is 0 Å². The number of aromatic hydroxyl groups is 1. The van der Waals surface area contributed by atoms with E-state index in [0.29, 0.717) is 5.56 Å². The van der Waals surface area contributed by atoms with Gasteiger partial charge < -0.3 is 31.9 Å². The minimum Gasteiger partial charge on any atom is -0.508 e. The number of hydrogen-bond donors (Lipinski definition) is 8. The molecule has 1 aromatic carbocycles. The summed E-state index contributed by atoms with van der Waals surface area (Å²) in [7, 11) is 0. The van der Waals surface area contributed by atoms with Gasteiger partial charge in [0.15, 0.2) is 0 Å². The standard InChI is InChI=1S/C20H30N4O6S2/c1-10(2)16(21)19(28)22-13(7-11-3-5-12(25)6-4-11)17(26)23-14(8-31)18(27)24-15(9-32)20(29)30/h3-6,10,13-16,25,31-32H,7-9,21H2,1-2H3,(H,22,28)(H,23,26)(H,24,27)(H,29,30). The normalized spacial score (nSPS) is 14.7. The van der Waals surface area contributed by atoms with Gasteiger partial charge in [-0.25, -0.2) is 4.79 Å². The van der Waals surface area contributed by atoms with E-state index >= 15 is 0 Å². The summed E-state index contributed by atoms with van der Waals surface area (Å²) in [6, 6.07) is 1.77. The van der Waals surface area contributed by atoms with Crippen LogP contribution in [0.4, 0.5) is 0 Å². The molecule has 0 fully saturated rings. The number of nitrogens with two attached hydrogens (primary N) is 1. The van der Waals surface area contributed by atoms with E-state index in [9.17, 15) is 24.3 Å². The van der Waals surface area contributed by atoms with Gasteiger partial charge in [-0.3, -0.25) is 14.4 Å². The summed E-state index contributed by atoms with van der Waals surface area (Å²) >= 11 is 7.95. The quantitative estimate of drug-likeness (QED) is 0.181. The Labute approximate surface area is 197 Å². The van der Waals surface area contributed by atoms with Crippen molar-refractivity contribution in [2.24, 2.45) is 11.7 Å². The summed E-state index contributed by atoms with van der Waals surface area (Å²) in [6.45, 7) is 3.53. The van der Waals surface area contributed by atoms with Crippen molar-refractivity contribution in [3.63, 3.8) is 0 Å². The third kappa shape index (κ3) is 8.60. The smallest absolute Gasteiger partial charge is 0.327 e. The fraction of sp³-hybridized carbons (Fsp3) is 0.500. The van der Waals surface area contributed by atoms with Gasteiger partial charge in [0, 0.05) is 17.9 Å². The number of aliphatic carboxylic acids is 1. The highest BCUT2D eigenvalue weighted by Gasteiger charge is 2.30. The van der Waals surface area contributed by atoms with E-state index in [0.717, 1.165) is 0 Å². The number of nitrogens with one attached hydrogen (secondary N) is 3. The lowest BCUT2D eigenvalue weighted by Gasteiger charge is -2.25. The molecule has 0 saturated heterocycles. The zero-order valence-corrected chi connectivity index (χ0v) is 19.6. The second-order valence-electron chi connectivity index (χ2n) is 7.53. The number of amides is 3. The number of thiol groups is 2. The topological polar surface area (TPSA) is 171 Å². The summed E-state index contributed by atoms with van der Waals surface area (Å²) in [5.74, 6) is -3.59. The van der Waals surface area contributed by atoms with Crippen LogP contribution >= 0.6 is 25.3 Å². The van der Waals surface area contributed by atoms with Crippen molar-refractivity contribution < 1.29 is 29.4 Å². The molecule has 0 aromatic heterocycles. The molecule has 7 N–H and O–H groups in total. The van der Waals surface area contributed by atoms with E-state index in [2.05, 4.69) is 41.2 Å². The lowest BCUT2D eigenvalue weighted by atomic mass is 10.0. The summed E-state index contributed by atoms with van der Waals surface area (Å²) in [4.78, 5) is 49.0. The highest BCUT2D eigenvalue weighted by Crippen LogP contribution is 2.12. The van der Waals surface area contributed by atoms with Crippen LogP contribution in [0.5, 0.6) is 5.75 Å². The molecule has 1 aromatic rings. The number of phenolic OH excluding ortho intramolecular Hbond substituents is 1. The van der Waals surface area contributed by atoms with Crippen molar-refractivity contribution in [1.82, 2.24) is 16.0 Å². The summed E-state index contributed by atoms with van der Waals surface area (Å²) < 4.78 is 0. The van der Waals surface area contributed by atoms with Crippen molar-refractivity contribution in [2.75, 3.05) is 11.5 Å². The van der Waals surface area contributed by atoms with Crippen molar-refractivity contribution in [1.29, 1.82) is 0 Å². The molecule has 0 radical (unpaired) electrons. The van der Waals surface area contributed by atoms with Crippen LogP contribution in [0.1, 0.15) is 19.4 Å². The molecule has 12 heteroatoms. The molecule has 0 spiro atoms. The van der Waals surface area contributed by atoms with Crippen molar-refractivity contribution in [3.05, 3.63) is 29.8 Å². The van der Waals surface area contributed by atoms with Crippen LogP contribution in [0.15, 0.2) is 24.3 Å². The molecule has 0 aliphatic carbocycles. The van der Waals surface area contributed by atoms with Crippen molar-refractivity contribution in [3.8, 4) is 5.75 Å². The van der Waals surface area contributed by atoms with Gasteiger partial charge >= 0.3 is 5.97 Å². The molecule has 32 heavy (non-hydrogen) atoms. The summed E-state index contributed by atoms with van der Waals surface area (Å²) in [6.07, 6.45) is 0.0674. The minimum absolute atomic E-state index is 0.0459. The molecule has 178 valence electrons. The van der Waals surface area contributed by atoms with Crippen LogP contribution in [0.2, 0.25) is 0 Å². The minimum atomic E-state index is -1.27. The molecule has 0 aliphatic heterocycles. The Morgan fingerprint density at radius 2 is 1.34 bits per heavy atom. The predicted octanol–water partition coefficient (Wildman–Crippen LogP) is -0.683. The van der Waals surface area contributed by atoms with Crippen LogP contribution in [-0.4, -0.2) is 69.6 Å². The van der Waals surface area contributed by atoms with E-state index in [1.54, 1.807) is 26.0 Å². The number of phenols is 1.